The topological polar surface area (TPSA) is 29.1 Å². The van der Waals surface area contributed by atoms with Crippen LogP contribution in [0.25, 0.3) is 0 Å². The largest absolute Gasteiger partial charge is 0.326 e. The van der Waals surface area contributed by atoms with Crippen LogP contribution < -0.4 is 5.32 Å². The Labute approximate surface area is 104 Å². The lowest BCUT2D eigenvalue weighted by Gasteiger charge is -2.05. The van der Waals surface area contributed by atoms with E-state index in [-0.39, 0.29) is 5.91 Å². The van der Waals surface area contributed by atoms with Gasteiger partial charge in [0.2, 0.25) is 5.91 Å². The van der Waals surface area contributed by atoms with Gasteiger partial charge in [-0.15, -0.1) is 0 Å². The van der Waals surface area contributed by atoms with Crippen molar-refractivity contribution < 1.29 is 4.79 Å². The SMILES string of the molecule is [CH2]c1ccc(NC(=O)CCCCCCC)cc1. The van der Waals surface area contributed by atoms with Crippen molar-refractivity contribution in [3.05, 3.63) is 36.8 Å². The van der Waals surface area contributed by atoms with Crippen molar-refractivity contribution in [3.8, 4) is 0 Å². The molecule has 93 valence electrons. The maximum atomic E-state index is 11.6. The summed E-state index contributed by atoms with van der Waals surface area (Å²) in [5.74, 6) is 0.110. The number of amides is 1. The van der Waals surface area contributed by atoms with Gasteiger partial charge in [-0.1, -0.05) is 44.7 Å². The number of benzene rings is 1. The first-order valence-electron chi connectivity index (χ1n) is 6.44. The van der Waals surface area contributed by atoms with E-state index in [0.29, 0.717) is 6.42 Å². The number of hydrogen-bond donors (Lipinski definition) is 1. The van der Waals surface area contributed by atoms with Crippen LogP contribution >= 0.6 is 0 Å². The summed E-state index contributed by atoms with van der Waals surface area (Å²) in [6.07, 6.45) is 6.50. The van der Waals surface area contributed by atoms with E-state index in [1.807, 2.05) is 24.3 Å². The van der Waals surface area contributed by atoms with Gasteiger partial charge in [-0.25, -0.2) is 0 Å². The molecule has 0 aromatic heterocycles. The molecule has 1 aromatic rings. The summed E-state index contributed by atoms with van der Waals surface area (Å²) in [4.78, 5) is 11.6. The Morgan fingerprint density at radius 3 is 2.41 bits per heavy atom. The van der Waals surface area contributed by atoms with Crippen LogP contribution in [0.3, 0.4) is 0 Å². The fourth-order valence-corrected chi connectivity index (χ4v) is 1.70. The van der Waals surface area contributed by atoms with Crippen LogP contribution in [0, 0.1) is 6.92 Å². The molecular weight excluding hydrogens is 210 g/mol. The Hall–Kier alpha value is -1.31. The standard InChI is InChI=1S/C15H22NO/c1-3-4-5-6-7-8-15(17)16-14-11-9-13(2)10-12-14/h9-12H,2-8H2,1H3,(H,16,17). The molecule has 0 spiro atoms. The molecule has 0 fully saturated rings. The minimum absolute atomic E-state index is 0.110. The molecule has 0 heterocycles. The van der Waals surface area contributed by atoms with E-state index >= 15 is 0 Å². The smallest absolute Gasteiger partial charge is 0.224 e. The molecule has 0 aliphatic rings. The van der Waals surface area contributed by atoms with E-state index in [1.165, 1.54) is 19.3 Å². The number of anilines is 1. The maximum absolute atomic E-state index is 11.6. The van der Waals surface area contributed by atoms with Crippen molar-refractivity contribution in [2.24, 2.45) is 0 Å². The second kappa shape index (κ2) is 7.88. The number of carbonyl (C=O) groups is 1. The van der Waals surface area contributed by atoms with Gasteiger partial charge < -0.3 is 5.32 Å². The van der Waals surface area contributed by atoms with Crippen LogP contribution in [0.2, 0.25) is 0 Å². The predicted octanol–water partition coefficient (Wildman–Crippen LogP) is 4.17. The Bertz CT molecular complexity index is 329. The van der Waals surface area contributed by atoms with Gasteiger partial charge in [0.05, 0.1) is 0 Å². The number of unbranched alkanes of at least 4 members (excludes halogenated alkanes) is 4. The molecule has 2 nitrogen and oxygen atoms in total. The Kier molecular flexibility index (Phi) is 6.38. The third-order valence-electron chi connectivity index (χ3n) is 2.75. The zero-order valence-corrected chi connectivity index (χ0v) is 10.7. The molecule has 1 amide bonds. The van der Waals surface area contributed by atoms with Gasteiger partial charge in [-0.3, -0.25) is 4.79 Å². The number of nitrogens with one attached hydrogen (secondary N) is 1. The zero-order valence-electron chi connectivity index (χ0n) is 10.7. The van der Waals surface area contributed by atoms with E-state index in [1.54, 1.807) is 0 Å². The van der Waals surface area contributed by atoms with Crippen molar-refractivity contribution in [2.45, 2.75) is 45.4 Å². The first-order chi connectivity index (χ1) is 8.22. The highest BCUT2D eigenvalue weighted by Gasteiger charge is 2.01. The molecule has 0 unspecified atom stereocenters. The van der Waals surface area contributed by atoms with E-state index in [9.17, 15) is 4.79 Å². The van der Waals surface area contributed by atoms with Gasteiger partial charge in [0.25, 0.3) is 0 Å². The normalized spacial score (nSPS) is 10.2. The van der Waals surface area contributed by atoms with Crippen LogP contribution in [-0.2, 0) is 4.79 Å². The van der Waals surface area contributed by atoms with Crippen molar-refractivity contribution in [2.75, 3.05) is 5.32 Å². The summed E-state index contributed by atoms with van der Waals surface area (Å²) in [5, 5.41) is 2.89. The summed E-state index contributed by atoms with van der Waals surface area (Å²) >= 11 is 0. The molecule has 1 rings (SSSR count). The summed E-state index contributed by atoms with van der Waals surface area (Å²) < 4.78 is 0. The summed E-state index contributed by atoms with van der Waals surface area (Å²) in [5.41, 5.74) is 1.82. The highest BCUT2D eigenvalue weighted by atomic mass is 16.1. The minimum Gasteiger partial charge on any atom is -0.326 e. The van der Waals surface area contributed by atoms with Crippen LogP contribution in [0.1, 0.15) is 51.0 Å². The zero-order chi connectivity index (χ0) is 12.5. The molecular formula is C15H22NO. The third-order valence-corrected chi connectivity index (χ3v) is 2.75. The Balaban J connectivity index is 2.18. The van der Waals surface area contributed by atoms with E-state index in [0.717, 1.165) is 24.1 Å². The molecule has 0 saturated heterocycles. The fraction of sp³-hybridized carbons (Fsp3) is 0.467. The fourth-order valence-electron chi connectivity index (χ4n) is 1.70. The monoisotopic (exact) mass is 232 g/mol. The molecule has 0 saturated carbocycles. The summed E-state index contributed by atoms with van der Waals surface area (Å²) in [6, 6.07) is 7.57. The van der Waals surface area contributed by atoms with Crippen molar-refractivity contribution in [3.63, 3.8) is 0 Å². The van der Waals surface area contributed by atoms with Gasteiger partial charge in [-0.05, 0) is 31.0 Å². The van der Waals surface area contributed by atoms with Crippen LogP contribution in [0.5, 0.6) is 0 Å². The first-order valence-corrected chi connectivity index (χ1v) is 6.44. The number of rotatable bonds is 7. The van der Waals surface area contributed by atoms with Gasteiger partial charge in [0, 0.05) is 12.1 Å². The van der Waals surface area contributed by atoms with Crippen LogP contribution in [-0.4, -0.2) is 5.91 Å². The molecule has 0 atom stereocenters. The lowest BCUT2D eigenvalue weighted by Crippen LogP contribution is -2.10. The maximum Gasteiger partial charge on any atom is 0.224 e. The number of hydrogen-bond acceptors (Lipinski definition) is 1. The van der Waals surface area contributed by atoms with Crippen molar-refractivity contribution >= 4 is 11.6 Å². The molecule has 1 radical (unpaired) electrons. The highest BCUT2D eigenvalue weighted by molar-refractivity contribution is 5.90. The average molecular weight is 232 g/mol. The Morgan fingerprint density at radius 1 is 1.12 bits per heavy atom. The summed E-state index contributed by atoms with van der Waals surface area (Å²) in [7, 11) is 0. The third kappa shape index (κ3) is 6.10. The van der Waals surface area contributed by atoms with Crippen LogP contribution in [0.4, 0.5) is 5.69 Å². The molecule has 0 aliphatic heterocycles. The van der Waals surface area contributed by atoms with Gasteiger partial charge in [-0.2, -0.15) is 0 Å². The second-order valence-electron chi connectivity index (χ2n) is 4.41. The quantitative estimate of drug-likeness (QED) is 0.702. The molecule has 17 heavy (non-hydrogen) atoms. The lowest BCUT2D eigenvalue weighted by atomic mass is 10.1. The van der Waals surface area contributed by atoms with Gasteiger partial charge in [0.1, 0.15) is 0 Å². The summed E-state index contributed by atoms with van der Waals surface area (Å²) in [6.45, 7) is 6.00. The average Bonchev–Trinajstić information content (AvgIpc) is 2.32. The molecule has 1 N–H and O–H groups in total. The van der Waals surface area contributed by atoms with Crippen LogP contribution in [0.15, 0.2) is 24.3 Å². The number of carbonyl (C=O) groups excluding carboxylic acids is 1. The van der Waals surface area contributed by atoms with Crippen molar-refractivity contribution in [1.29, 1.82) is 0 Å². The molecule has 0 aliphatic carbocycles. The van der Waals surface area contributed by atoms with Gasteiger partial charge >= 0.3 is 0 Å². The molecule has 1 aromatic carbocycles. The second-order valence-corrected chi connectivity index (χ2v) is 4.41. The highest BCUT2D eigenvalue weighted by Crippen LogP contribution is 2.10. The van der Waals surface area contributed by atoms with Crippen molar-refractivity contribution in [1.82, 2.24) is 0 Å². The molecule has 0 bridgehead atoms. The van der Waals surface area contributed by atoms with E-state index in [4.69, 9.17) is 0 Å². The molecule has 2 heteroatoms. The Morgan fingerprint density at radius 2 is 1.76 bits per heavy atom. The predicted molar refractivity (Wildman–Crippen MR) is 72.9 cm³/mol. The first kappa shape index (κ1) is 13.8. The van der Waals surface area contributed by atoms with Gasteiger partial charge in [0.15, 0.2) is 0 Å². The lowest BCUT2D eigenvalue weighted by molar-refractivity contribution is -0.116. The van der Waals surface area contributed by atoms with E-state index in [2.05, 4.69) is 19.2 Å². The van der Waals surface area contributed by atoms with E-state index < -0.39 is 0 Å². The minimum atomic E-state index is 0.110.